The maximum Gasteiger partial charge on any atom is 0.328 e. The molecule has 1 aliphatic heterocycles. The first kappa shape index (κ1) is 19.3. The molecule has 3 aromatic rings. The molecule has 1 aliphatic rings. The van der Waals surface area contributed by atoms with E-state index in [0.717, 1.165) is 0 Å². The highest BCUT2D eigenvalue weighted by Crippen LogP contribution is 2.23. The van der Waals surface area contributed by atoms with Gasteiger partial charge in [-0.05, 0) is 50.2 Å². The van der Waals surface area contributed by atoms with Crippen LogP contribution in [0.25, 0.3) is 10.9 Å². The number of carbonyl (C=O) groups excluding carboxylic acids is 1. The lowest BCUT2D eigenvalue weighted by molar-refractivity contribution is 0.0833. The van der Waals surface area contributed by atoms with Crippen LogP contribution in [0.3, 0.4) is 0 Å². The molecule has 7 heteroatoms. The Morgan fingerprint density at radius 2 is 1.69 bits per heavy atom. The van der Waals surface area contributed by atoms with Crippen molar-refractivity contribution in [3.05, 3.63) is 80.7 Å². The minimum Gasteiger partial charge on any atom is -0.307 e. The lowest BCUT2D eigenvalue weighted by atomic mass is 9.88. The van der Waals surface area contributed by atoms with Gasteiger partial charge >= 0.3 is 5.69 Å². The predicted octanol–water partition coefficient (Wildman–Crippen LogP) is 2.42. The van der Waals surface area contributed by atoms with E-state index in [1.54, 1.807) is 36.4 Å². The summed E-state index contributed by atoms with van der Waals surface area (Å²) in [6, 6.07) is 13.0. The van der Waals surface area contributed by atoms with Gasteiger partial charge in [0.2, 0.25) is 0 Å². The van der Waals surface area contributed by atoms with Gasteiger partial charge in [0, 0.05) is 19.0 Å². The maximum atomic E-state index is 13.9. The molecule has 6 nitrogen and oxygen atoms in total. The van der Waals surface area contributed by atoms with Crippen LogP contribution in [-0.4, -0.2) is 39.9 Å². The molecule has 2 heterocycles. The number of hydrogen-bond acceptors (Lipinski definition) is 4. The number of para-hydroxylation sites is 1. The van der Waals surface area contributed by atoms with Gasteiger partial charge in [-0.3, -0.25) is 14.2 Å². The number of nitrogens with zero attached hydrogens (tertiary/aromatic N) is 2. The fourth-order valence-corrected chi connectivity index (χ4v) is 3.94. The average molecular weight is 395 g/mol. The molecule has 4 rings (SSSR count). The second kappa shape index (κ2) is 8.13. The Morgan fingerprint density at radius 3 is 2.45 bits per heavy atom. The fraction of sp³-hybridized carbons (Fsp3) is 0.318. The third-order valence-electron chi connectivity index (χ3n) is 5.63. The summed E-state index contributed by atoms with van der Waals surface area (Å²) in [5.74, 6) is -0.824. The van der Waals surface area contributed by atoms with E-state index in [1.165, 1.54) is 16.7 Å². The Morgan fingerprint density at radius 1 is 1.00 bits per heavy atom. The molecule has 2 aromatic carbocycles. The van der Waals surface area contributed by atoms with Gasteiger partial charge in [0.05, 0.1) is 16.5 Å². The number of rotatable bonds is 5. The molecule has 150 valence electrons. The number of carbonyl (C=O) groups is 1. The molecule has 1 aromatic heterocycles. The van der Waals surface area contributed by atoms with Crippen molar-refractivity contribution >= 4 is 16.7 Å². The number of ketones is 1. The highest BCUT2D eigenvalue weighted by Gasteiger charge is 2.27. The average Bonchev–Trinajstić information content (AvgIpc) is 2.74. The first-order chi connectivity index (χ1) is 14.0. The lowest BCUT2D eigenvalue weighted by Gasteiger charge is -2.31. The van der Waals surface area contributed by atoms with Crippen LogP contribution in [0.2, 0.25) is 0 Å². The molecule has 0 spiro atoms. The highest BCUT2D eigenvalue weighted by molar-refractivity contribution is 5.98. The molecule has 0 bridgehead atoms. The van der Waals surface area contributed by atoms with E-state index in [2.05, 4.69) is 9.88 Å². The topological polar surface area (TPSA) is 75.2 Å². The Balaban J connectivity index is 1.39. The van der Waals surface area contributed by atoms with Gasteiger partial charge in [-0.25, -0.2) is 9.18 Å². The van der Waals surface area contributed by atoms with Crippen LogP contribution in [-0.2, 0) is 6.54 Å². The molecule has 0 radical (unpaired) electrons. The summed E-state index contributed by atoms with van der Waals surface area (Å²) >= 11 is 0. The van der Waals surface area contributed by atoms with Crippen LogP contribution < -0.4 is 11.2 Å². The number of fused-ring (bicyclic) bond motifs is 1. The van der Waals surface area contributed by atoms with Crippen molar-refractivity contribution in [2.45, 2.75) is 19.4 Å². The third-order valence-corrected chi connectivity index (χ3v) is 5.63. The van der Waals surface area contributed by atoms with E-state index in [9.17, 15) is 18.8 Å². The van der Waals surface area contributed by atoms with Gasteiger partial charge in [-0.15, -0.1) is 0 Å². The molecule has 0 atom stereocenters. The minimum absolute atomic E-state index is 0.148. The Bertz CT molecular complexity index is 1160. The molecule has 1 fully saturated rings. The zero-order valence-corrected chi connectivity index (χ0v) is 15.9. The van der Waals surface area contributed by atoms with Gasteiger partial charge in [0.25, 0.3) is 5.56 Å². The van der Waals surface area contributed by atoms with Crippen LogP contribution >= 0.6 is 0 Å². The number of benzene rings is 2. The number of halogens is 1. The summed E-state index contributed by atoms with van der Waals surface area (Å²) in [6.07, 6.45) is 1.27. The van der Waals surface area contributed by atoms with Crippen molar-refractivity contribution in [1.29, 1.82) is 0 Å². The number of likely N-dealkylation sites (tertiary alicyclic amines) is 1. The Kier molecular flexibility index (Phi) is 5.40. The van der Waals surface area contributed by atoms with Crippen molar-refractivity contribution in [1.82, 2.24) is 14.5 Å². The molecule has 0 aliphatic carbocycles. The molecule has 0 unspecified atom stereocenters. The molecular weight excluding hydrogens is 373 g/mol. The Labute approximate surface area is 166 Å². The van der Waals surface area contributed by atoms with Crippen molar-refractivity contribution in [2.75, 3.05) is 19.6 Å². The number of piperidine rings is 1. The first-order valence-electron chi connectivity index (χ1n) is 9.77. The zero-order valence-electron chi connectivity index (χ0n) is 15.9. The predicted molar refractivity (Wildman–Crippen MR) is 109 cm³/mol. The zero-order chi connectivity index (χ0) is 20.4. The third kappa shape index (κ3) is 3.91. The van der Waals surface area contributed by atoms with Gasteiger partial charge in [0.15, 0.2) is 5.78 Å². The first-order valence-corrected chi connectivity index (χ1v) is 9.77. The van der Waals surface area contributed by atoms with E-state index in [4.69, 9.17) is 0 Å². The normalized spacial score (nSPS) is 15.6. The van der Waals surface area contributed by atoms with Crippen LogP contribution in [0.5, 0.6) is 0 Å². The molecule has 0 saturated carbocycles. The fourth-order valence-electron chi connectivity index (χ4n) is 3.94. The van der Waals surface area contributed by atoms with Gasteiger partial charge in [-0.1, -0.05) is 24.3 Å². The summed E-state index contributed by atoms with van der Waals surface area (Å²) in [4.78, 5) is 42.3. The molecular formula is C22H22FN3O3. The number of aromatic amines is 1. The summed E-state index contributed by atoms with van der Waals surface area (Å²) in [6.45, 7) is 2.17. The van der Waals surface area contributed by atoms with E-state index < -0.39 is 11.5 Å². The maximum absolute atomic E-state index is 13.9. The van der Waals surface area contributed by atoms with E-state index in [-0.39, 0.29) is 29.4 Å². The standard InChI is InChI=1S/C22H22FN3O3/c23-18-7-3-1-5-16(18)20(27)15-9-11-25(12-10-15)13-14-26-21(28)17-6-2-4-8-19(17)24-22(26)29/h1-8,15H,9-14H2,(H,24,29). The number of Topliss-reactive ketones (excluding diaryl/α,β-unsaturated/α-hetero) is 1. The van der Waals surface area contributed by atoms with Crippen LogP contribution in [0.4, 0.5) is 4.39 Å². The summed E-state index contributed by atoms with van der Waals surface area (Å²) in [5, 5.41) is 0.487. The van der Waals surface area contributed by atoms with Crippen LogP contribution in [0, 0.1) is 11.7 Å². The molecule has 29 heavy (non-hydrogen) atoms. The molecule has 1 N–H and O–H groups in total. The highest BCUT2D eigenvalue weighted by atomic mass is 19.1. The van der Waals surface area contributed by atoms with Crippen molar-refractivity contribution in [3.8, 4) is 0 Å². The number of hydrogen-bond donors (Lipinski definition) is 1. The van der Waals surface area contributed by atoms with Crippen molar-refractivity contribution in [2.24, 2.45) is 5.92 Å². The van der Waals surface area contributed by atoms with E-state index >= 15 is 0 Å². The Hall–Kier alpha value is -3.06. The van der Waals surface area contributed by atoms with E-state index in [1.807, 2.05) is 0 Å². The second-order valence-electron chi connectivity index (χ2n) is 7.39. The minimum atomic E-state index is -0.477. The number of nitrogens with one attached hydrogen (secondary N) is 1. The number of H-pyrrole nitrogens is 1. The summed E-state index contributed by atoms with van der Waals surface area (Å²) in [7, 11) is 0. The second-order valence-corrected chi connectivity index (χ2v) is 7.39. The van der Waals surface area contributed by atoms with Gasteiger partial charge in [-0.2, -0.15) is 0 Å². The SMILES string of the molecule is O=C(c1ccccc1F)C1CCN(CCn2c(=O)[nH]c3ccccc3c2=O)CC1. The number of aromatic nitrogens is 2. The molecule has 0 amide bonds. The lowest BCUT2D eigenvalue weighted by Crippen LogP contribution is -2.42. The molecule has 1 saturated heterocycles. The van der Waals surface area contributed by atoms with Crippen LogP contribution in [0.1, 0.15) is 23.2 Å². The van der Waals surface area contributed by atoms with Gasteiger partial charge in [0.1, 0.15) is 5.82 Å². The quantitative estimate of drug-likeness (QED) is 0.674. The van der Waals surface area contributed by atoms with Crippen LogP contribution in [0.15, 0.2) is 58.1 Å². The van der Waals surface area contributed by atoms with E-state index in [0.29, 0.717) is 43.4 Å². The monoisotopic (exact) mass is 395 g/mol. The van der Waals surface area contributed by atoms with Gasteiger partial charge < -0.3 is 9.88 Å². The summed E-state index contributed by atoms with van der Waals surface area (Å²) < 4.78 is 15.1. The van der Waals surface area contributed by atoms with Crippen molar-refractivity contribution < 1.29 is 9.18 Å². The summed E-state index contributed by atoms with van der Waals surface area (Å²) in [5.41, 5.74) is -0.0290. The smallest absolute Gasteiger partial charge is 0.307 e. The largest absolute Gasteiger partial charge is 0.328 e. The van der Waals surface area contributed by atoms with Crippen molar-refractivity contribution in [3.63, 3.8) is 0 Å².